The highest BCUT2D eigenvalue weighted by molar-refractivity contribution is 5.68. The van der Waals surface area contributed by atoms with Crippen LogP contribution in [-0.4, -0.2) is 16.6 Å². The lowest BCUT2D eigenvalue weighted by Crippen LogP contribution is -2.41. The summed E-state index contributed by atoms with van der Waals surface area (Å²) in [6, 6.07) is 1.99. The number of aryl methyl sites for hydroxylation is 1. The molecule has 5 nitrogen and oxygen atoms in total. The lowest BCUT2D eigenvalue weighted by Gasteiger charge is -2.20. The van der Waals surface area contributed by atoms with Crippen molar-refractivity contribution in [3.8, 4) is 0 Å². The fraction of sp³-hybridized carbons (Fsp3) is 0.600. The molecule has 0 spiro atoms. The smallest absolute Gasteiger partial charge is 0.407 e. The number of H-pyrrole nitrogens is 1. The summed E-state index contributed by atoms with van der Waals surface area (Å²) in [6.45, 7) is 7.49. The third-order valence-corrected chi connectivity index (χ3v) is 3.22. The van der Waals surface area contributed by atoms with E-state index >= 15 is 0 Å². The fourth-order valence-electron chi connectivity index (χ4n) is 2.02. The first kappa shape index (κ1) is 14.6. The Morgan fingerprint density at radius 1 is 1.45 bits per heavy atom. The summed E-state index contributed by atoms with van der Waals surface area (Å²) in [5.74, 6) is 0.501. The number of nitrogens with one attached hydrogen (secondary N) is 2. The van der Waals surface area contributed by atoms with Gasteiger partial charge in [0, 0.05) is 11.2 Å². The maximum absolute atomic E-state index is 12.0. The second-order valence-corrected chi connectivity index (χ2v) is 6.44. The predicted molar refractivity (Wildman–Crippen MR) is 76.8 cm³/mol. The minimum absolute atomic E-state index is 0.00593. The van der Waals surface area contributed by atoms with Crippen LogP contribution in [0.4, 0.5) is 4.79 Å². The van der Waals surface area contributed by atoms with E-state index in [2.05, 4.69) is 10.3 Å². The number of rotatable bonds is 3. The molecule has 0 aromatic carbocycles. The molecule has 0 saturated heterocycles. The zero-order valence-corrected chi connectivity index (χ0v) is 12.5. The van der Waals surface area contributed by atoms with Crippen molar-refractivity contribution in [2.24, 2.45) is 0 Å². The zero-order chi connectivity index (χ0) is 14.9. The number of amides is 1. The Morgan fingerprint density at radius 3 is 2.60 bits per heavy atom. The van der Waals surface area contributed by atoms with E-state index in [0.717, 1.165) is 24.1 Å². The van der Waals surface area contributed by atoms with Crippen molar-refractivity contribution < 1.29 is 9.53 Å². The number of hydrogen-bond acceptors (Lipinski definition) is 3. The number of ether oxygens (including phenoxy) is 1. The molecule has 2 N–H and O–H groups in total. The molecule has 110 valence electrons. The number of hydrogen-bond donors (Lipinski definition) is 2. The van der Waals surface area contributed by atoms with Crippen molar-refractivity contribution in [3.05, 3.63) is 33.2 Å². The standard InChI is InChI=1S/C15H22N2O3/c1-9-7-12(10-5-6-10)16-13(18)11(9)8-20-14(19)17-15(2,3)4/h7,10H,5-6,8H2,1-4H3,(H,16,18)(H,17,19). The second kappa shape index (κ2) is 5.31. The van der Waals surface area contributed by atoms with Gasteiger partial charge in [-0.05, 0) is 58.1 Å². The van der Waals surface area contributed by atoms with Gasteiger partial charge in [0.25, 0.3) is 5.56 Å². The van der Waals surface area contributed by atoms with Crippen molar-refractivity contribution >= 4 is 6.09 Å². The first-order valence-corrected chi connectivity index (χ1v) is 6.94. The number of aromatic nitrogens is 1. The normalized spacial score (nSPS) is 15.0. The van der Waals surface area contributed by atoms with Gasteiger partial charge in [-0.15, -0.1) is 0 Å². The number of aromatic amines is 1. The number of carbonyl (C=O) groups is 1. The summed E-state index contributed by atoms with van der Waals surface area (Å²) in [6.07, 6.45) is 1.76. The van der Waals surface area contributed by atoms with Crippen LogP contribution in [0, 0.1) is 6.92 Å². The first-order valence-electron chi connectivity index (χ1n) is 6.94. The molecule has 1 amide bonds. The van der Waals surface area contributed by atoms with Gasteiger partial charge in [0.1, 0.15) is 6.61 Å². The van der Waals surface area contributed by atoms with Crippen LogP contribution in [0.15, 0.2) is 10.9 Å². The molecule has 1 heterocycles. The van der Waals surface area contributed by atoms with E-state index in [1.165, 1.54) is 0 Å². The Hall–Kier alpha value is -1.78. The van der Waals surface area contributed by atoms with Crippen LogP contribution in [0.2, 0.25) is 0 Å². The van der Waals surface area contributed by atoms with Gasteiger partial charge >= 0.3 is 6.09 Å². The van der Waals surface area contributed by atoms with Crippen LogP contribution in [0.25, 0.3) is 0 Å². The van der Waals surface area contributed by atoms with Crippen molar-refractivity contribution in [1.82, 2.24) is 10.3 Å². The second-order valence-electron chi connectivity index (χ2n) is 6.44. The molecule has 2 rings (SSSR count). The molecular formula is C15H22N2O3. The summed E-state index contributed by atoms with van der Waals surface area (Å²) in [4.78, 5) is 26.5. The fourth-order valence-corrected chi connectivity index (χ4v) is 2.02. The Balaban J connectivity index is 2.03. The van der Waals surface area contributed by atoms with Gasteiger partial charge in [0.2, 0.25) is 0 Å². The molecule has 0 aliphatic heterocycles. The van der Waals surface area contributed by atoms with Gasteiger partial charge in [-0.25, -0.2) is 4.79 Å². The van der Waals surface area contributed by atoms with Crippen LogP contribution >= 0.6 is 0 Å². The molecule has 0 radical (unpaired) electrons. The number of pyridine rings is 1. The molecule has 0 unspecified atom stereocenters. The highest BCUT2D eigenvalue weighted by Crippen LogP contribution is 2.38. The van der Waals surface area contributed by atoms with Crippen LogP contribution in [-0.2, 0) is 11.3 Å². The van der Waals surface area contributed by atoms with Gasteiger partial charge in [-0.2, -0.15) is 0 Å². The average molecular weight is 278 g/mol. The third-order valence-electron chi connectivity index (χ3n) is 3.22. The van der Waals surface area contributed by atoms with E-state index in [4.69, 9.17) is 4.74 Å². The summed E-state index contributed by atoms with van der Waals surface area (Å²) >= 11 is 0. The van der Waals surface area contributed by atoms with Crippen molar-refractivity contribution in [1.29, 1.82) is 0 Å². The maximum Gasteiger partial charge on any atom is 0.407 e. The molecule has 5 heteroatoms. The minimum atomic E-state index is -0.512. The van der Waals surface area contributed by atoms with E-state index in [-0.39, 0.29) is 17.7 Å². The lowest BCUT2D eigenvalue weighted by molar-refractivity contribution is 0.130. The summed E-state index contributed by atoms with van der Waals surface area (Å²) < 4.78 is 5.11. The van der Waals surface area contributed by atoms with Gasteiger partial charge < -0.3 is 15.0 Å². The first-order chi connectivity index (χ1) is 9.26. The van der Waals surface area contributed by atoms with Crippen LogP contribution in [0.1, 0.15) is 56.4 Å². The van der Waals surface area contributed by atoms with E-state index in [1.807, 2.05) is 33.8 Å². The molecule has 1 aromatic heterocycles. The van der Waals surface area contributed by atoms with Gasteiger partial charge in [0.15, 0.2) is 0 Å². The Kier molecular flexibility index (Phi) is 3.88. The van der Waals surface area contributed by atoms with Crippen molar-refractivity contribution in [3.63, 3.8) is 0 Å². The quantitative estimate of drug-likeness (QED) is 0.892. The molecule has 1 aliphatic rings. The van der Waals surface area contributed by atoms with Crippen LogP contribution in [0.5, 0.6) is 0 Å². The lowest BCUT2D eigenvalue weighted by atomic mass is 10.1. The molecule has 1 aromatic rings. The van der Waals surface area contributed by atoms with Crippen molar-refractivity contribution in [2.75, 3.05) is 0 Å². The molecule has 1 fully saturated rings. The largest absolute Gasteiger partial charge is 0.444 e. The average Bonchev–Trinajstić information content (AvgIpc) is 3.08. The summed E-state index contributed by atoms with van der Waals surface area (Å²) in [5, 5.41) is 2.69. The summed E-state index contributed by atoms with van der Waals surface area (Å²) in [5.41, 5.74) is 1.87. The topological polar surface area (TPSA) is 71.2 Å². The highest BCUT2D eigenvalue weighted by Gasteiger charge is 2.25. The Labute approximate surface area is 118 Å². The number of alkyl carbamates (subject to hydrolysis) is 1. The molecule has 0 bridgehead atoms. The monoisotopic (exact) mass is 278 g/mol. The van der Waals surface area contributed by atoms with E-state index in [9.17, 15) is 9.59 Å². The zero-order valence-electron chi connectivity index (χ0n) is 12.5. The van der Waals surface area contributed by atoms with Crippen LogP contribution in [0.3, 0.4) is 0 Å². The molecule has 20 heavy (non-hydrogen) atoms. The van der Waals surface area contributed by atoms with Gasteiger partial charge in [-0.3, -0.25) is 4.79 Å². The van der Waals surface area contributed by atoms with E-state index < -0.39 is 6.09 Å². The number of carbonyl (C=O) groups excluding carboxylic acids is 1. The predicted octanol–water partition coefficient (Wildman–Crippen LogP) is 2.59. The Morgan fingerprint density at radius 2 is 2.10 bits per heavy atom. The Bertz CT molecular complexity index is 565. The highest BCUT2D eigenvalue weighted by atomic mass is 16.5. The molecular weight excluding hydrogens is 256 g/mol. The maximum atomic E-state index is 12.0. The molecule has 1 saturated carbocycles. The molecule has 0 atom stereocenters. The SMILES string of the molecule is Cc1cc(C2CC2)[nH]c(=O)c1COC(=O)NC(C)(C)C. The van der Waals surface area contributed by atoms with Gasteiger partial charge in [-0.1, -0.05) is 0 Å². The third kappa shape index (κ3) is 3.85. The molecule has 1 aliphatic carbocycles. The van der Waals surface area contributed by atoms with Crippen molar-refractivity contribution in [2.45, 2.75) is 58.6 Å². The van der Waals surface area contributed by atoms with Gasteiger partial charge in [0.05, 0.1) is 5.56 Å². The van der Waals surface area contributed by atoms with E-state index in [0.29, 0.717) is 11.5 Å². The summed E-state index contributed by atoms with van der Waals surface area (Å²) in [7, 11) is 0. The van der Waals surface area contributed by atoms with Crippen LogP contribution < -0.4 is 10.9 Å². The van der Waals surface area contributed by atoms with E-state index in [1.54, 1.807) is 0 Å². The minimum Gasteiger partial charge on any atom is -0.444 e.